The second kappa shape index (κ2) is 7.12. The fraction of sp³-hybridized carbons (Fsp3) is 0.529. The van der Waals surface area contributed by atoms with Crippen LogP contribution in [0.25, 0.3) is 0 Å². The van der Waals surface area contributed by atoms with Gasteiger partial charge in [-0.2, -0.15) is 0 Å². The normalized spacial score (nSPS) is 18.6. The van der Waals surface area contributed by atoms with Crippen molar-refractivity contribution in [2.24, 2.45) is 0 Å². The molecule has 1 aliphatic rings. The molecule has 4 heteroatoms. The molecule has 0 radical (unpaired) electrons. The Balaban J connectivity index is 1.85. The summed E-state index contributed by atoms with van der Waals surface area (Å²) in [7, 11) is 0. The summed E-state index contributed by atoms with van der Waals surface area (Å²) >= 11 is 1.29. The van der Waals surface area contributed by atoms with Gasteiger partial charge in [-0.1, -0.05) is 49.9 Å². The molecule has 1 aromatic rings. The molecular weight excluding hydrogens is 282 g/mol. The maximum atomic E-state index is 11.9. The van der Waals surface area contributed by atoms with E-state index in [4.69, 9.17) is 0 Å². The van der Waals surface area contributed by atoms with Crippen LogP contribution in [-0.2, 0) is 16.0 Å². The molecule has 21 heavy (non-hydrogen) atoms. The molecule has 1 unspecified atom stereocenters. The number of nitrogens with zero attached hydrogens (tertiary/aromatic N) is 1. The number of carbonyl (C=O) groups excluding carboxylic acids is 2. The highest BCUT2D eigenvalue weighted by Gasteiger charge is 2.30. The molecule has 1 saturated heterocycles. The van der Waals surface area contributed by atoms with Gasteiger partial charge in [0.2, 0.25) is 5.91 Å². The van der Waals surface area contributed by atoms with Crippen LogP contribution in [0.3, 0.4) is 0 Å². The second-order valence-corrected chi connectivity index (χ2v) is 7.40. The zero-order valence-corrected chi connectivity index (χ0v) is 13.8. The zero-order valence-electron chi connectivity index (χ0n) is 13.0. The van der Waals surface area contributed by atoms with Gasteiger partial charge < -0.3 is 4.90 Å². The van der Waals surface area contributed by atoms with Crippen LogP contribution in [0.2, 0.25) is 0 Å². The predicted molar refractivity (Wildman–Crippen MR) is 87.5 cm³/mol. The van der Waals surface area contributed by atoms with Crippen molar-refractivity contribution in [3.8, 4) is 0 Å². The molecule has 0 spiro atoms. The summed E-state index contributed by atoms with van der Waals surface area (Å²) in [4.78, 5) is 24.9. The average molecular weight is 305 g/mol. The summed E-state index contributed by atoms with van der Waals surface area (Å²) in [5.74, 6) is 0.719. The lowest BCUT2D eigenvalue weighted by Crippen LogP contribution is -2.27. The Hall–Kier alpha value is -1.29. The monoisotopic (exact) mass is 305 g/mol. The Morgan fingerprint density at radius 2 is 2.00 bits per heavy atom. The van der Waals surface area contributed by atoms with E-state index in [-0.39, 0.29) is 16.3 Å². The predicted octanol–water partition coefficient (Wildman–Crippen LogP) is 3.23. The molecule has 0 N–H and O–H groups in total. The minimum atomic E-state index is 0.0962. The van der Waals surface area contributed by atoms with Gasteiger partial charge in [-0.3, -0.25) is 9.59 Å². The maximum absolute atomic E-state index is 11.9. The van der Waals surface area contributed by atoms with Crippen LogP contribution in [0.1, 0.15) is 44.2 Å². The number of hydrogen-bond acceptors (Lipinski definition) is 3. The van der Waals surface area contributed by atoms with Gasteiger partial charge in [0.25, 0.3) is 0 Å². The lowest BCUT2D eigenvalue weighted by molar-refractivity contribution is -0.127. The molecule has 1 heterocycles. The third-order valence-electron chi connectivity index (χ3n) is 3.83. The minimum Gasteiger partial charge on any atom is -0.341 e. The summed E-state index contributed by atoms with van der Waals surface area (Å²) in [6.07, 6.45) is 1.37. The van der Waals surface area contributed by atoms with Crippen molar-refractivity contribution in [3.63, 3.8) is 0 Å². The lowest BCUT2D eigenvalue weighted by atomic mass is 10.0. The third kappa shape index (κ3) is 4.60. The molecule has 1 aliphatic heterocycles. The molecule has 1 amide bonds. The maximum Gasteiger partial charge on any atom is 0.223 e. The third-order valence-corrected chi connectivity index (χ3v) is 4.81. The van der Waals surface area contributed by atoms with Crippen molar-refractivity contribution in [1.82, 2.24) is 4.90 Å². The molecule has 0 aromatic heterocycles. The van der Waals surface area contributed by atoms with Gasteiger partial charge in [0.15, 0.2) is 5.12 Å². The average Bonchev–Trinajstić information content (AvgIpc) is 2.76. The lowest BCUT2D eigenvalue weighted by Gasteiger charge is -2.16. The Bertz CT molecular complexity index is 510. The van der Waals surface area contributed by atoms with E-state index >= 15 is 0 Å². The molecule has 0 saturated carbocycles. The van der Waals surface area contributed by atoms with Crippen LogP contribution in [-0.4, -0.2) is 34.3 Å². The van der Waals surface area contributed by atoms with Gasteiger partial charge in [0.1, 0.15) is 0 Å². The van der Waals surface area contributed by atoms with E-state index in [9.17, 15) is 9.59 Å². The summed E-state index contributed by atoms with van der Waals surface area (Å²) in [6, 6.07) is 8.63. The van der Waals surface area contributed by atoms with E-state index in [0.29, 0.717) is 18.9 Å². The summed E-state index contributed by atoms with van der Waals surface area (Å²) in [6.45, 7) is 7.38. The number of amides is 1. The fourth-order valence-electron chi connectivity index (χ4n) is 2.60. The largest absolute Gasteiger partial charge is 0.341 e. The van der Waals surface area contributed by atoms with Crippen molar-refractivity contribution in [2.45, 2.75) is 44.8 Å². The Kier molecular flexibility index (Phi) is 5.45. The molecule has 3 nitrogen and oxygen atoms in total. The number of thioether (sulfide) groups is 1. The summed E-state index contributed by atoms with van der Waals surface area (Å²) in [5, 5.41) is 0.234. The van der Waals surface area contributed by atoms with Gasteiger partial charge >= 0.3 is 0 Å². The minimum absolute atomic E-state index is 0.0962. The quantitative estimate of drug-likeness (QED) is 0.838. The first kappa shape index (κ1) is 16.1. The topological polar surface area (TPSA) is 37.4 Å². The SMILES string of the molecule is CC(=O)SC1CC(=O)N(CCc2ccc(C(C)C)cc2)C1. The van der Waals surface area contributed by atoms with Gasteiger partial charge in [0, 0.05) is 31.7 Å². The molecule has 114 valence electrons. The second-order valence-electron chi connectivity index (χ2n) is 5.92. The van der Waals surface area contributed by atoms with E-state index in [1.165, 1.54) is 22.9 Å². The Morgan fingerprint density at radius 1 is 1.33 bits per heavy atom. The van der Waals surface area contributed by atoms with Crippen LogP contribution in [0, 0.1) is 0 Å². The summed E-state index contributed by atoms with van der Waals surface area (Å²) in [5.41, 5.74) is 2.60. The van der Waals surface area contributed by atoms with E-state index in [1.54, 1.807) is 6.92 Å². The Morgan fingerprint density at radius 3 is 2.57 bits per heavy atom. The molecule has 1 aromatic carbocycles. The Labute approximate surface area is 131 Å². The van der Waals surface area contributed by atoms with Crippen molar-refractivity contribution in [3.05, 3.63) is 35.4 Å². The molecule has 2 rings (SSSR count). The number of rotatable bonds is 5. The zero-order chi connectivity index (χ0) is 15.4. The number of likely N-dealkylation sites (tertiary alicyclic amines) is 1. The molecule has 1 fully saturated rings. The first-order chi connectivity index (χ1) is 9.95. The number of hydrogen-bond donors (Lipinski definition) is 0. The van der Waals surface area contributed by atoms with Gasteiger partial charge in [-0.05, 0) is 23.5 Å². The van der Waals surface area contributed by atoms with Gasteiger partial charge in [-0.15, -0.1) is 0 Å². The van der Waals surface area contributed by atoms with Crippen LogP contribution in [0.4, 0.5) is 0 Å². The van der Waals surface area contributed by atoms with E-state index in [2.05, 4.69) is 38.1 Å². The molecule has 0 aliphatic carbocycles. The smallest absolute Gasteiger partial charge is 0.223 e. The van der Waals surface area contributed by atoms with Crippen molar-refractivity contribution >= 4 is 22.8 Å². The van der Waals surface area contributed by atoms with Crippen molar-refractivity contribution in [2.75, 3.05) is 13.1 Å². The summed E-state index contributed by atoms with van der Waals surface area (Å²) < 4.78 is 0. The van der Waals surface area contributed by atoms with Crippen LogP contribution in [0.15, 0.2) is 24.3 Å². The first-order valence-electron chi connectivity index (χ1n) is 7.49. The highest BCUT2D eigenvalue weighted by atomic mass is 32.2. The fourth-order valence-corrected chi connectivity index (χ4v) is 3.55. The van der Waals surface area contributed by atoms with Crippen molar-refractivity contribution in [1.29, 1.82) is 0 Å². The highest BCUT2D eigenvalue weighted by molar-refractivity contribution is 8.14. The van der Waals surface area contributed by atoms with Gasteiger partial charge in [-0.25, -0.2) is 0 Å². The van der Waals surface area contributed by atoms with E-state index in [1.807, 2.05) is 4.90 Å². The van der Waals surface area contributed by atoms with Crippen LogP contribution in [0.5, 0.6) is 0 Å². The van der Waals surface area contributed by atoms with Crippen molar-refractivity contribution < 1.29 is 9.59 Å². The standard InChI is InChI=1S/C17H23NO2S/c1-12(2)15-6-4-14(5-7-15)8-9-18-11-16(10-17(18)20)21-13(3)19/h4-7,12,16H,8-11H2,1-3H3. The molecule has 0 bridgehead atoms. The molecule has 1 atom stereocenters. The number of carbonyl (C=O) groups is 2. The molecular formula is C17H23NO2S. The van der Waals surface area contributed by atoms with E-state index in [0.717, 1.165) is 13.0 Å². The van der Waals surface area contributed by atoms with E-state index < -0.39 is 0 Å². The van der Waals surface area contributed by atoms with Crippen LogP contribution >= 0.6 is 11.8 Å². The first-order valence-corrected chi connectivity index (χ1v) is 8.37. The van der Waals surface area contributed by atoms with Gasteiger partial charge in [0.05, 0.1) is 0 Å². The van der Waals surface area contributed by atoms with Crippen LogP contribution < -0.4 is 0 Å². The number of benzene rings is 1. The highest BCUT2D eigenvalue weighted by Crippen LogP contribution is 2.24.